The molecule has 0 aliphatic rings. The smallest absolute Gasteiger partial charge is 0.303 e. The van der Waals surface area contributed by atoms with Gasteiger partial charge < -0.3 is 10.1 Å². The largest absolute Gasteiger partial charge is 0.481 e. The Balaban J connectivity index is 2.49. The van der Waals surface area contributed by atoms with Crippen molar-refractivity contribution in [2.75, 3.05) is 0 Å². The van der Waals surface area contributed by atoms with E-state index >= 15 is 0 Å². The first-order valence-corrected chi connectivity index (χ1v) is 5.46. The zero-order chi connectivity index (χ0) is 13.3. The molecule has 0 saturated heterocycles. The van der Waals surface area contributed by atoms with Crippen LogP contribution in [-0.2, 0) is 11.2 Å². The molecule has 2 N–H and O–H groups in total. The molecule has 0 radical (unpaired) electrons. The van der Waals surface area contributed by atoms with E-state index in [0.29, 0.717) is 6.42 Å². The van der Waals surface area contributed by atoms with Gasteiger partial charge in [0.2, 0.25) is 0 Å². The molecule has 6 nitrogen and oxygen atoms in total. The Morgan fingerprint density at radius 3 is 2.83 bits per heavy atom. The summed E-state index contributed by atoms with van der Waals surface area (Å²) in [7, 11) is 0. The van der Waals surface area contributed by atoms with Crippen molar-refractivity contribution in [3.05, 3.63) is 39.6 Å². The number of H-pyrrole nitrogens is 1. The highest BCUT2D eigenvalue weighted by atomic mass is 16.6. The van der Waals surface area contributed by atoms with Crippen LogP contribution >= 0.6 is 0 Å². The lowest BCUT2D eigenvalue weighted by atomic mass is 10.1. The summed E-state index contributed by atoms with van der Waals surface area (Å²) in [6, 6.07) is 4.56. The number of nitro groups is 1. The van der Waals surface area contributed by atoms with E-state index in [2.05, 4.69) is 4.98 Å². The normalized spacial score (nSPS) is 10.7. The van der Waals surface area contributed by atoms with Crippen molar-refractivity contribution in [2.24, 2.45) is 0 Å². The van der Waals surface area contributed by atoms with Crippen molar-refractivity contribution < 1.29 is 14.8 Å². The van der Waals surface area contributed by atoms with Crippen LogP contribution in [0.3, 0.4) is 0 Å². The summed E-state index contributed by atoms with van der Waals surface area (Å²) in [4.78, 5) is 24.0. The van der Waals surface area contributed by atoms with Crippen molar-refractivity contribution in [1.82, 2.24) is 4.98 Å². The zero-order valence-electron chi connectivity index (χ0n) is 9.77. The highest BCUT2D eigenvalue weighted by Crippen LogP contribution is 2.27. The monoisotopic (exact) mass is 248 g/mol. The van der Waals surface area contributed by atoms with E-state index in [4.69, 9.17) is 5.11 Å². The predicted octanol–water partition coefficient (Wildman–Crippen LogP) is 2.40. The minimum atomic E-state index is -0.880. The number of benzene rings is 1. The molecular formula is C12H12N2O4. The number of rotatable bonds is 4. The number of nitrogens with one attached hydrogen (secondary N) is 1. The molecule has 1 aromatic carbocycles. The highest BCUT2D eigenvalue weighted by Gasteiger charge is 2.13. The van der Waals surface area contributed by atoms with E-state index in [1.165, 1.54) is 12.1 Å². The number of aromatic nitrogens is 1. The van der Waals surface area contributed by atoms with Crippen LogP contribution in [0.4, 0.5) is 5.69 Å². The van der Waals surface area contributed by atoms with Crippen LogP contribution in [0.25, 0.3) is 10.9 Å². The number of nitro benzene ring substituents is 1. The Morgan fingerprint density at radius 2 is 2.22 bits per heavy atom. The zero-order valence-corrected chi connectivity index (χ0v) is 9.77. The lowest BCUT2D eigenvalue weighted by molar-refractivity contribution is -0.384. The lowest BCUT2D eigenvalue weighted by Crippen LogP contribution is -1.98. The van der Waals surface area contributed by atoms with Crippen LogP contribution in [0.2, 0.25) is 0 Å². The molecule has 0 unspecified atom stereocenters. The van der Waals surface area contributed by atoms with Crippen molar-refractivity contribution in [1.29, 1.82) is 0 Å². The summed E-state index contributed by atoms with van der Waals surface area (Å²) in [6.07, 6.45) is 0.374. The van der Waals surface area contributed by atoms with Gasteiger partial charge in [-0.25, -0.2) is 0 Å². The maximum absolute atomic E-state index is 10.7. The average Bonchev–Trinajstić information content (AvgIpc) is 2.60. The maximum atomic E-state index is 10.7. The second-order valence-electron chi connectivity index (χ2n) is 4.11. The van der Waals surface area contributed by atoms with E-state index < -0.39 is 10.9 Å². The van der Waals surface area contributed by atoms with Gasteiger partial charge in [0, 0.05) is 35.2 Å². The third kappa shape index (κ3) is 2.17. The van der Waals surface area contributed by atoms with Gasteiger partial charge in [-0.2, -0.15) is 0 Å². The fraction of sp³-hybridized carbons (Fsp3) is 0.250. The first-order chi connectivity index (χ1) is 8.49. The van der Waals surface area contributed by atoms with Crippen molar-refractivity contribution in [3.8, 4) is 0 Å². The number of fused-ring (bicyclic) bond motifs is 1. The van der Waals surface area contributed by atoms with Gasteiger partial charge >= 0.3 is 5.97 Å². The highest BCUT2D eigenvalue weighted by molar-refractivity contribution is 5.87. The summed E-state index contributed by atoms with van der Waals surface area (Å²) < 4.78 is 0. The van der Waals surface area contributed by atoms with Gasteiger partial charge in [-0.15, -0.1) is 0 Å². The first kappa shape index (κ1) is 12.1. The van der Waals surface area contributed by atoms with Crippen LogP contribution < -0.4 is 0 Å². The molecule has 0 fully saturated rings. The van der Waals surface area contributed by atoms with Gasteiger partial charge in [-0.05, 0) is 25.0 Å². The number of hydrogen-bond acceptors (Lipinski definition) is 3. The average molecular weight is 248 g/mol. The maximum Gasteiger partial charge on any atom is 0.303 e. The Kier molecular flexibility index (Phi) is 3.01. The number of aromatic amines is 1. The van der Waals surface area contributed by atoms with E-state index in [1.54, 1.807) is 6.07 Å². The lowest BCUT2D eigenvalue weighted by Gasteiger charge is -1.98. The van der Waals surface area contributed by atoms with Crippen LogP contribution in [-0.4, -0.2) is 21.0 Å². The number of aryl methyl sites for hydroxylation is 2. The molecule has 1 heterocycles. The minimum Gasteiger partial charge on any atom is -0.481 e. The van der Waals surface area contributed by atoms with Gasteiger partial charge in [0.1, 0.15) is 0 Å². The first-order valence-electron chi connectivity index (χ1n) is 5.46. The van der Waals surface area contributed by atoms with E-state index in [0.717, 1.165) is 22.2 Å². The molecule has 2 aromatic rings. The fourth-order valence-corrected chi connectivity index (χ4v) is 2.04. The standard InChI is InChI=1S/C12H12N2O4/c1-7-9(3-5-12(15)16)10-6-8(14(17)18)2-4-11(10)13-7/h2,4,6,13H,3,5H2,1H3,(H,15,16). The molecule has 18 heavy (non-hydrogen) atoms. The Labute approximate surface area is 102 Å². The number of aliphatic carboxylic acids is 1. The van der Waals surface area contributed by atoms with E-state index in [1.807, 2.05) is 6.92 Å². The predicted molar refractivity (Wildman–Crippen MR) is 65.6 cm³/mol. The number of hydrogen-bond donors (Lipinski definition) is 2. The van der Waals surface area contributed by atoms with Crippen LogP contribution in [0.15, 0.2) is 18.2 Å². The molecule has 1 aromatic heterocycles. The molecule has 2 rings (SSSR count). The summed E-state index contributed by atoms with van der Waals surface area (Å²) >= 11 is 0. The third-order valence-corrected chi connectivity index (χ3v) is 2.90. The molecular weight excluding hydrogens is 236 g/mol. The van der Waals surface area contributed by atoms with Crippen LogP contribution in [0, 0.1) is 17.0 Å². The van der Waals surface area contributed by atoms with E-state index in [9.17, 15) is 14.9 Å². The summed E-state index contributed by atoms with van der Waals surface area (Å²) in [5.74, 6) is -0.880. The summed E-state index contributed by atoms with van der Waals surface area (Å²) in [5.41, 5.74) is 2.49. The Hall–Kier alpha value is -2.37. The molecule has 94 valence electrons. The molecule has 6 heteroatoms. The van der Waals surface area contributed by atoms with Gasteiger partial charge in [0.15, 0.2) is 0 Å². The number of carboxylic acids is 1. The van der Waals surface area contributed by atoms with Crippen molar-refractivity contribution >= 4 is 22.6 Å². The minimum absolute atomic E-state index is 0.0104. The van der Waals surface area contributed by atoms with Crippen molar-refractivity contribution in [3.63, 3.8) is 0 Å². The quantitative estimate of drug-likeness (QED) is 0.641. The van der Waals surface area contributed by atoms with Gasteiger partial charge in [0.05, 0.1) is 4.92 Å². The molecule has 0 bridgehead atoms. The number of non-ortho nitro benzene ring substituents is 1. The molecule has 0 spiro atoms. The van der Waals surface area contributed by atoms with Gasteiger partial charge in [-0.1, -0.05) is 0 Å². The van der Waals surface area contributed by atoms with E-state index in [-0.39, 0.29) is 12.1 Å². The Bertz CT molecular complexity index is 630. The second kappa shape index (κ2) is 4.48. The molecule has 0 amide bonds. The number of nitrogens with zero attached hydrogens (tertiary/aromatic N) is 1. The fourth-order valence-electron chi connectivity index (χ4n) is 2.04. The third-order valence-electron chi connectivity index (χ3n) is 2.90. The number of carboxylic acid groups (broad SMARTS) is 1. The van der Waals surface area contributed by atoms with Gasteiger partial charge in [0.25, 0.3) is 5.69 Å². The topological polar surface area (TPSA) is 96.2 Å². The molecule has 0 atom stereocenters. The van der Waals surface area contributed by atoms with Gasteiger partial charge in [-0.3, -0.25) is 14.9 Å². The molecule has 0 saturated carbocycles. The summed E-state index contributed by atoms with van der Waals surface area (Å²) in [6.45, 7) is 1.84. The number of carbonyl (C=O) groups is 1. The van der Waals surface area contributed by atoms with Crippen LogP contribution in [0.1, 0.15) is 17.7 Å². The van der Waals surface area contributed by atoms with Crippen molar-refractivity contribution in [2.45, 2.75) is 19.8 Å². The molecule has 0 aliphatic carbocycles. The molecule has 0 aliphatic heterocycles. The second-order valence-corrected chi connectivity index (χ2v) is 4.11. The summed E-state index contributed by atoms with van der Waals surface area (Å²) in [5, 5.41) is 20.2. The SMILES string of the molecule is Cc1[nH]c2ccc([N+](=O)[O-])cc2c1CCC(=O)O. The van der Waals surface area contributed by atoms with Crippen LogP contribution in [0.5, 0.6) is 0 Å². The Morgan fingerprint density at radius 1 is 1.50 bits per heavy atom.